The van der Waals surface area contributed by atoms with Crippen LogP contribution in [0.3, 0.4) is 0 Å². The van der Waals surface area contributed by atoms with Crippen molar-refractivity contribution >= 4 is 5.91 Å². The van der Waals surface area contributed by atoms with Crippen molar-refractivity contribution < 1.29 is 4.79 Å². The Bertz CT molecular complexity index is 130. The van der Waals surface area contributed by atoms with Gasteiger partial charge in [0.1, 0.15) is 0 Å². The topological polar surface area (TPSA) is 32.3 Å². The molecule has 58 valence electrons. The first-order valence-electron chi connectivity index (χ1n) is 3.70. The summed E-state index contributed by atoms with van der Waals surface area (Å²) in [4.78, 5) is 13.2. The highest BCUT2D eigenvalue weighted by atomic mass is 16.2. The Hall–Kier alpha value is -0.570. The average molecular weight is 142 g/mol. The molecule has 3 nitrogen and oxygen atoms in total. The lowest BCUT2D eigenvalue weighted by molar-refractivity contribution is -0.129. The molecular weight excluding hydrogens is 128 g/mol. The van der Waals surface area contributed by atoms with Gasteiger partial charge in [-0.2, -0.15) is 0 Å². The van der Waals surface area contributed by atoms with E-state index in [1.165, 1.54) is 0 Å². The zero-order valence-electron chi connectivity index (χ0n) is 6.55. The Morgan fingerprint density at radius 1 is 1.70 bits per heavy atom. The number of nitrogens with one attached hydrogen (secondary N) is 1. The molecule has 0 atom stereocenters. The van der Waals surface area contributed by atoms with E-state index in [9.17, 15) is 4.79 Å². The second-order valence-electron chi connectivity index (χ2n) is 2.81. The van der Waals surface area contributed by atoms with Gasteiger partial charge in [0, 0.05) is 19.6 Å². The number of amides is 1. The van der Waals surface area contributed by atoms with Gasteiger partial charge in [-0.1, -0.05) is 0 Å². The lowest BCUT2D eigenvalue weighted by Crippen LogP contribution is -2.51. The van der Waals surface area contributed by atoms with E-state index >= 15 is 0 Å². The third-order valence-electron chi connectivity index (χ3n) is 1.79. The second-order valence-corrected chi connectivity index (χ2v) is 2.81. The third-order valence-corrected chi connectivity index (χ3v) is 1.79. The molecule has 1 rings (SSSR count). The number of hydrogen-bond donors (Lipinski definition) is 1. The SMILES string of the molecule is CCNC(=O)C1CN(C)C1. The van der Waals surface area contributed by atoms with Gasteiger partial charge in [-0.15, -0.1) is 0 Å². The van der Waals surface area contributed by atoms with E-state index in [4.69, 9.17) is 0 Å². The third kappa shape index (κ3) is 1.48. The van der Waals surface area contributed by atoms with Crippen LogP contribution in [0.5, 0.6) is 0 Å². The molecule has 1 saturated heterocycles. The van der Waals surface area contributed by atoms with E-state index < -0.39 is 0 Å². The highest BCUT2D eigenvalue weighted by Crippen LogP contribution is 2.11. The first-order valence-corrected chi connectivity index (χ1v) is 3.70. The van der Waals surface area contributed by atoms with Crippen LogP contribution in [0.2, 0.25) is 0 Å². The van der Waals surface area contributed by atoms with Gasteiger partial charge in [0.2, 0.25) is 5.91 Å². The van der Waals surface area contributed by atoms with Gasteiger partial charge in [0.15, 0.2) is 0 Å². The first kappa shape index (κ1) is 7.54. The van der Waals surface area contributed by atoms with Gasteiger partial charge < -0.3 is 10.2 Å². The Balaban J connectivity index is 2.18. The lowest BCUT2D eigenvalue weighted by Gasteiger charge is -2.34. The van der Waals surface area contributed by atoms with Crippen molar-refractivity contribution in [1.29, 1.82) is 0 Å². The van der Waals surface area contributed by atoms with Crippen molar-refractivity contribution in [2.75, 3.05) is 26.7 Å². The summed E-state index contributed by atoms with van der Waals surface area (Å²) in [6, 6.07) is 0. The molecule has 0 radical (unpaired) electrons. The zero-order chi connectivity index (χ0) is 7.56. The number of nitrogens with zero attached hydrogens (tertiary/aromatic N) is 1. The molecule has 1 aliphatic rings. The van der Waals surface area contributed by atoms with Crippen molar-refractivity contribution in [2.45, 2.75) is 6.92 Å². The minimum atomic E-state index is 0.209. The van der Waals surface area contributed by atoms with E-state index in [1.54, 1.807) is 0 Å². The summed E-state index contributed by atoms with van der Waals surface area (Å²) in [5, 5.41) is 2.80. The summed E-state index contributed by atoms with van der Waals surface area (Å²) >= 11 is 0. The van der Waals surface area contributed by atoms with Gasteiger partial charge in [0.25, 0.3) is 0 Å². The number of likely N-dealkylation sites (tertiary alicyclic amines) is 1. The molecule has 1 amide bonds. The van der Waals surface area contributed by atoms with Crippen LogP contribution < -0.4 is 5.32 Å². The van der Waals surface area contributed by atoms with Crippen LogP contribution in [0, 0.1) is 5.92 Å². The molecule has 0 unspecified atom stereocenters. The van der Waals surface area contributed by atoms with Gasteiger partial charge >= 0.3 is 0 Å². The quantitative estimate of drug-likeness (QED) is 0.573. The Kier molecular flexibility index (Phi) is 2.27. The fourth-order valence-corrected chi connectivity index (χ4v) is 1.18. The highest BCUT2D eigenvalue weighted by molar-refractivity contribution is 5.79. The van der Waals surface area contributed by atoms with Gasteiger partial charge in [-0.05, 0) is 14.0 Å². The molecule has 3 heteroatoms. The standard InChI is InChI=1S/C7H14N2O/c1-3-8-7(10)6-4-9(2)5-6/h6H,3-5H2,1-2H3,(H,8,10). The lowest BCUT2D eigenvalue weighted by atomic mass is 10.0. The maximum atomic E-state index is 11.0. The largest absolute Gasteiger partial charge is 0.356 e. The van der Waals surface area contributed by atoms with Crippen LogP contribution >= 0.6 is 0 Å². The number of hydrogen-bond acceptors (Lipinski definition) is 2. The molecule has 0 aromatic heterocycles. The van der Waals surface area contributed by atoms with E-state index in [-0.39, 0.29) is 11.8 Å². The summed E-state index contributed by atoms with van der Waals surface area (Å²) in [5.41, 5.74) is 0. The van der Waals surface area contributed by atoms with Crippen LogP contribution in [0.1, 0.15) is 6.92 Å². The summed E-state index contributed by atoms with van der Waals surface area (Å²) < 4.78 is 0. The van der Waals surface area contributed by atoms with Crippen molar-refractivity contribution in [1.82, 2.24) is 10.2 Å². The number of carbonyl (C=O) groups excluding carboxylic acids is 1. The maximum absolute atomic E-state index is 11.0. The predicted octanol–water partition coefficient (Wildman–Crippen LogP) is -0.316. The van der Waals surface area contributed by atoms with Gasteiger partial charge in [0.05, 0.1) is 5.92 Å². The summed E-state index contributed by atoms with van der Waals surface area (Å²) in [6.45, 7) is 4.54. The summed E-state index contributed by atoms with van der Waals surface area (Å²) in [7, 11) is 2.02. The van der Waals surface area contributed by atoms with Crippen molar-refractivity contribution in [3.05, 3.63) is 0 Å². The maximum Gasteiger partial charge on any atom is 0.225 e. The van der Waals surface area contributed by atoms with Crippen LogP contribution in [-0.2, 0) is 4.79 Å². The molecule has 0 bridgehead atoms. The number of rotatable bonds is 2. The Morgan fingerprint density at radius 3 is 2.70 bits per heavy atom. The molecule has 0 aromatic rings. The molecule has 10 heavy (non-hydrogen) atoms. The highest BCUT2D eigenvalue weighted by Gasteiger charge is 2.28. The molecular formula is C7H14N2O. The Morgan fingerprint density at radius 2 is 2.30 bits per heavy atom. The van der Waals surface area contributed by atoms with Crippen molar-refractivity contribution in [3.8, 4) is 0 Å². The molecule has 0 aromatic carbocycles. The predicted molar refractivity (Wildman–Crippen MR) is 39.7 cm³/mol. The second kappa shape index (κ2) is 3.01. The summed E-state index contributed by atoms with van der Waals surface area (Å²) in [6.07, 6.45) is 0. The Labute approximate surface area is 61.4 Å². The molecule has 1 fully saturated rings. The van der Waals surface area contributed by atoms with E-state index in [0.717, 1.165) is 19.6 Å². The van der Waals surface area contributed by atoms with Crippen LogP contribution in [0.15, 0.2) is 0 Å². The molecule has 0 saturated carbocycles. The van der Waals surface area contributed by atoms with Crippen LogP contribution in [0.25, 0.3) is 0 Å². The zero-order valence-corrected chi connectivity index (χ0v) is 6.55. The average Bonchev–Trinajstić information content (AvgIpc) is 1.82. The monoisotopic (exact) mass is 142 g/mol. The summed E-state index contributed by atoms with van der Waals surface area (Å²) in [5.74, 6) is 0.463. The van der Waals surface area contributed by atoms with E-state index in [1.807, 2.05) is 14.0 Å². The molecule has 0 spiro atoms. The van der Waals surface area contributed by atoms with Gasteiger partial charge in [-0.25, -0.2) is 0 Å². The van der Waals surface area contributed by atoms with Crippen molar-refractivity contribution in [3.63, 3.8) is 0 Å². The smallest absolute Gasteiger partial charge is 0.225 e. The fraction of sp³-hybridized carbons (Fsp3) is 0.857. The van der Waals surface area contributed by atoms with E-state index in [0.29, 0.717) is 0 Å². The molecule has 0 aliphatic carbocycles. The molecule has 1 heterocycles. The van der Waals surface area contributed by atoms with Crippen molar-refractivity contribution in [2.24, 2.45) is 5.92 Å². The molecule has 1 aliphatic heterocycles. The fourth-order valence-electron chi connectivity index (χ4n) is 1.18. The van der Waals surface area contributed by atoms with Crippen LogP contribution in [-0.4, -0.2) is 37.5 Å². The molecule has 1 N–H and O–H groups in total. The first-order chi connectivity index (χ1) is 4.74. The van der Waals surface area contributed by atoms with Gasteiger partial charge in [-0.3, -0.25) is 4.79 Å². The normalized spacial score (nSPS) is 20.2. The van der Waals surface area contributed by atoms with E-state index in [2.05, 4.69) is 10.2 Å². The van der Waals surface area contributed by atoms with Crippen LogP contribution in [0.4, 0.5) is 0 Å². The minimum Gasteiger partial charge on any atom is -0.356 e. The minimum absolute atomic E-state index is 0.209. The number of carbonyl (C=O) groups is 1.